The minimum absolute atomic E-state index is 0.128. The summed E-state index contributed by atoms with van der Waals surface area (Å²) in [6, 6.07) is 4.76. The maximum Gasteiger partial charge on any atom is 0.168 e. The van der Waals surface area contributed by atoms with E-state index in [0.717, 1.165) is 0 Å². The van der Waals surface area contributed by atoms with Crippen molar-refractivity contribution in [2.75, 3.05) is 13.3 Å². The van der Waals surface area contributed by atoms with Crippen molar-refractivity contribution in [3.05, 3.63) is 28.8 Å². The Kier molecular flexibility index (Phi) is 3.04. The fraction of sp³-hybridized carbons (Fsp3) is 0.455. The molecule has 0 aliphatic carbocycles. The highest BCUT2D eigenvalue weighted by atomic mass is 35.5. The van der Waals surface area contributed by atoms with Crippen molar-refractivity contribution >= 4 is 11.6 Å². The molecular weight excluding hydrogens is 238 g/mol. The fourth-order valence-electron chi connectivity index (χ4n) is 1.86. The molecule has 0 fully saturated rings. The van der Waals surface area contributed by atoms with E-state index in [-0.39, 0.29) is 12.2 Å². The molecule has 1 aromatic carbocycles. The summed E-state index contributed by atoms with van der Waals surface area (Å²) in [7, 11) is 0. The third-order valence-electron chi connectivity index (χ3n) is 2.73. The molecule has 0 spiro atoms. The van der Waals surface area contributed by atoms with Crippen LogP contribution >= 0.6 is 11.6 Å². The van der Waals surface area contributed by atoms with Gasteiger partial charge in [-0.3, -0.25) is 0 Å². The van der Waals surface area contributed by atoms with Crippen LogP contribution in [0, 0.1) is 0 Å². The lowest BCUT2D eigenvalue weighted by Crippen LogP contribution is -2.45. The van der Waals surface area contributed by atoms with Gasteiger partial charge in [-0.25, -0.2) is 8.78 Å². The van der Waals surface area contributed by atoms with Gasteiger partial charge in [0.25, 0.3) is 0 Å². The molecule has 2 rings (SSSR count). The van der Waals surface area contributed by atoms with Gasteiger partial charge in [0.05, 0.1) is 11.1 Å². The number of aliphatic hydroxyl groups excluding tert-OH is 1. The molecule has 88 valence electrons. The van der Waals surface area contributed by atoms with E-state index >= 15 is 0 Å². The molecule has 0 amide bonds. The number of ether oxygens (including phenoxy) is 1. The van der Waals surface area contributed by atoms with Gasteiger partial charge in [0.1, 0.15) is 19.1 Å². The number of fused-ring (bicyclic) bond motifs is 1. The van der Waals surface area contributed by atoms with Crippen molar-refractivity contribution in [3.8, 4) is 5.75 Å². The zero-order chi connectivity index (χ0) is 11.8. The SMILES string of the molecule is OC1CC(CF)(CF)Oc2cccc(Cl)c21. The zero-order valence-electron chi connectivity index (χ0n) is 8.42. The number of benzene rings is 1. The van der Waals surface area contributed by atoms with Crippen molar-refractivity contribution in [2.45, 2.75) is 18.1 Å². The van der Waals surface area contributed by atoms with Gasteiger partial charge in [-0.15, -0.1) is 0 Å². The van der Waals surface area contributed by atoms with Crippen LogP contribution in [0.2, 0.25) is 5.02 Å². The summed E-state index contributed by atoms with van der Waals surface area (Å²) in [6.45, 7) is -1.96. The van der Waals surface area contributed by atoms with Gasteiger partial charge in [0.2, 0.25) is 0 Å². The Bertz CT molecular complexity index is 394. The molecular formula is C11H11ClF2O2. The van der Waals surface area contributed by atoms with Crippen LogP contribution in [-0.2, 0) is 0 Å². The van der Waals surface area contributed by atoms with Crippen LogP contribution in [-0.4, -0.2) is 24.1 Å². The van der Waals surface area contributed by atoms with E-state index in [9.17, 15) is 13.9 Å². The third-order valence-corrected chi connectivity index (χ3v) is 3.05. The highest BCUT2D eigenvalue weighted by Gasteiger charge is 2.41. The molecule has 0 bridgehead atoms. The first-order chi connectivity index (χ1) is 7.62. The van der Waals surface area contributed by atoms with Gasteiger partial charge in [-0.1, -0.05) is 17.7 Å². The lowest BCUT2D eigenvalue weighted by molar-refractivity contribution is -0.0442. The minimum Gasteiger partial charge on any atom is -0.481 e. The molecule has 1 aliphatic rings. The normalized spacial score (nSPS) is 22.4. The first-order valence-corrected chi connectivity index (χ1v) is 5.27. The molecule has 0 aromatic heterocycles. The monoisotopic (exact) mass is 248 g/mol. The molecule has 1 N–H and O–H groups in total. The summed E-state index contributed by atoms with van der Waals surface area (Å²) in [5.74, 6) is 0.251. The minimum atomic E-state index is -1.57. The number of halogens is 3. The van der Waals surface area contributed by atoms with Crippen molar-refractivity contribution in [1.82, 2.24) is 0 Å². The van der Waals surface area contributed by atoms with Crippen LogP contribution in [0.5, 0.6) is 5.75 Å². The highest BCUT2D eigenvalue weighted by molar-refractivity contribution is 6.31. The van der Waals surface area contributed by atoms with E-state index in [1.807, 2.05) is 0 Å². The maximum absolute atomic E-state index is 12.8. The highest BCUT2D eigenvalue weighted by Crippen LogP contribution is 2.43. The molecule has 5 heteroatoms. The van der Waals surface area contributed by atoms with Crippen LogP contribution in [0.3, 0.4) is 0 Å². The Hall–Kier alpha value is -0.870. The smallest absolute Gasteiger partial charge is 0.168 e. The van der Waals surface area contributed by atoms with E-state index in [1.54, 1.807) is 18.2 Å². The molecule has 1 aliphatic heterocycles. The van der Waals surface area contributed by atoms with Gasteiger partial charge in [0.15, 0.2) is 5.60 Å². The Morgan fingerprint density at radius 1 is 1.44 bits per heavy atom. The zero-order valence-corrected chi connectivity index (χ0v) is 9.18. The second-order valence-electron chi connectivity index (χ2n) is 3.92. The Morgan fingerprint density at radius 2 is 2.12 bits per heavy atom. The van der Waals surface area contributed by atoms with Gasteiger partial charge < -0.3 is 9.84 Å². The Balaban J connectivity index is 2.44. The molecule has 1 atom stereocenters. The van der Waals surface area contributed by atoms with E-state index < -0.39 is 25.1 Å². The van der Waals surface area contributed by atoms with Crippen LogP contribution in [0.1, 0.15) is 18.1 Å². The molecule has 16 heavy (non-hydrogen) atoms. The summed E-state index contributed by atoms with van der Waals surface area (Å²) in [6.07, 6.45) is -1.12. The van der Waals surface area contributed by atoms with Crippen molar-refractivity contribution in [3.63, 3.8) is 0 Å². The Labute approximate surface area is 96.8 Å². The topological polar surface area (TPSA) is 29.5 Å². The van der Waals surface area contributed by atoms with E-state index in [0.29, 0.717) is 10.6 Å². The molecule has 0 radical (unpaired) electrons. The molecule has 0 saturated carbocycles. The predicted octanol–water partition coefficient (Wildman–Crippen LogP) is 2.83. The van der Waals surface area contributed by atoms with Crippen molar-refractivity contribution < 1.29 is 18.6 Å². The molecule has 2 nitrogen and oxygen atoms in total. The quantitative estimate of drug-likeness (QED) is 0.872. The van der Waals surface area contributed by atoms with Gasteiger partial charge >= 0.3 is 0 Å². The average Bonchev–Trinajstić information content (AvgIpc) is 2.28. The summed E-state index contributed by atoms with van der Waals surface area (Å²) in [5, 5.41) is 10.2. The fourth-order valence-corrected chi connectivity index (χ4v) is 2.15. The second kappa shape index (κ2) is 4.18. The molecule has 0 saturated heterocycles. The summed E-state index contributed by atoms with van der Waals surface area (Å²) < 4.78 is 30.9. The first kappa shape index (κ1) is 11.6. The van der Waals surface area contributed by atoms with Gasteiger partial charge in [0, 0.05) is 12.0 Å². The summed E-state index contributed by atoms with van der Waals surface area (Å²) in [4.78, 5) is 0. The van der Waals surface area contributed by atoms with Crippen LogP contribution in [0.4, 0.5) is 8.78 Å². The molecule has 1 aromatic rings. The third kappa shape index (κ3) is 1.76. The number of rotatable bonds is 2. The maximum atomic E-state index is 12.8. The largest absolute Gasteiger partial charge is 0.481 e. The van der Waals surface area contributed by atoms with Crippen LogP contribution in [0.25, 0.3) is 0 Å². The Morgan fingerprint density at radius 3 is 2.75 bits per heavy atom. The summed E-state index contributed by atoms with van der Waals surface area (Å²) >= 11 is 5.89. The van der Waals surface area contributed by atoms with Crippen molar-refractivity contribution in [1.29, 1.82) is 0 Å². The summed E-state index contributed by atoms with van der Waals surface area (Å²) in [5.41, 5.74) is -1.17. The van der Waals surface area contributed by atoms with Crippen molar-refractivity contribution in [2.24, 2.45) is 0 Å². The molecule has 1 unspecified atom stereocenters. The standard InChI is InChI=1S/C11H11ClF2O2/c12-7-2-1-3-9-10(7)8(15)4-11(5-13,6-14)16-9/h1-3,8,15H,4-6H2. The van der Waals surface area contributed by atoms with Crippen LogP contribution in [0.15, 0.2) is 18.2 Å². The van der Waals surface area contributed by atoms with Gasteiger partial charge in [-0.05, 0) is 12.1 Å². The molecule has 1 heterocycles. The predicted molar refractivity (Wildman–Crippen MR) is 56.3 cm³/mol. The second-order valence-corrected chi connectivity index (χ2v) is 4.33. The average molecular weight is 249 g/mol. The first-order valence-electron chi connectivity index (χ1n) is 4.89. The number of hydrogen-bond donors (Lipinski definition) is 1. The van der Waals surface area contributed by atoms with Crippen LogP contribution < -0.4 is 4.74 Å². The van der Waals surface area contributed by atoms with E-state index in [2.05, 4.69) is 0 Å². The lowest BCUT2D eigenvalue weighted by Gasteiger charge is -2.37. The number of aliphatic hydroxyl groups is 1. The lowest BCUT2D eigenvalue weighted by atomic mass is 9.90. The van der Waals surface area contributed by atoms with E-state index in [1.165, 1.54) is 0 Å². The van der Waals surface area contributed by atoms with Gasteiger partial charge in [-0.2, -0.15) is 0 Å². The van der Waals surface area contributed by atoms with E-state index in [4.69, 9.17) is 16.3 Å². The number of hydrogen-bond acceptors (Lipinski definition) is 2. The number of alkyl halides is 2.